The highest BCUT2D eigenvalue weighted by Gasteiger charge is 2.35. The van der Waals surface area contributed by atoms with Crippen LogP contribution in [0.3, 0.4) is 0 Å². The van der Waals surface area contributed by atoms with E-state index in [9.17, 15) is 9.59 Å². The number of carbonyl (C=O) groups excluding carboxylic acids is 2. The number of hydrogen-bond donors (Lipinski definition) is 0. The fourth-order valence-electron chi connectivity index (χ4n) is 1.46. The molecule has 0 aliphatic rings. The molecular formula is C12H22O4. The summed E-state index contributed by atoms with van der Waals surface area (Å²) in [7, 11) is 2.85. The zero-order chi connectivity index (χ0) is 12.9. The second kappa shape index (κ2) is 5.99. The molecule has 0 rings (SSSR count). The predicted octanol–water partition coefficient (Wildman–Crippen LogP) is 1.82. The molecule has 4 nitrogen and oxygen atoms in total. The first-order valence-electron chi connectivity index (χ1n) is 5.38. The minimum Gasteiger partial charge on any atom is -0.469 e. The molecule has 0 bridgehead atoms. The van der Waals surface area contributed by atoms with E-state index in [2.05, 4.69) is 4.74 Å². The van der Waals surface area contributed by atoms with Crippen LogP contribution in [0.5, 0.6) is 0 Å². The molecule has 0 aromatic carbocycles. The highest BCUT2D eigenvalue weighted by atomic mass is 16.5. The number of carbonyl (C=O) groups is 2. The molecule has 0 heterocycles. The molecule has 0 saturated carbocycles. The van der Waals surface area contributed by atoms with Crippen molar-refractivity contribution in [3.05, 3.63) is 0 Å². The summed E-state index contributed by atoms with van der Waals surface area (Å²) in [5.41, 5.74) is -0.481. The molecule has 0 aromatic rings. The van der Waals surface area contributed by atoms with Gasteiger partial charge >= 0.3 is 5.97 Å². The quantitative estimate of drug-likeness (QED) is 0.676. The number of hydrogen-bond acceptors (Lipinski definition) is 4. The molecule has 94 valence electrons. The Morgan fingerprint density at radius 2 is 1.69 bits per heavy atom. The van der Waals surface area contributed by atoms with Crippen LogP contribution in [-0.4, -0.2) is 32.1 Å². The van der Waals surface area contributed by atoms with Crippen molar-refractivity contribution < 1.29 is 19.1 Å². The van der Waals surface area contributed by atoms with Crippen LogP contribution < -0.4 is 0 Å². The molecule has 2 atom stereocenters. The summed E-state index contributed by atoms with van der Waals surface area (Å²) in [6.07, 6.45) is -0.215. The van der Waals surface area contributed by atoms with E-state index in [1.165, 1.54) is 14.2 Å². The molecular weight excluding hydrogens is 208 g/mol. The molecule has 0 unspecified atom stereocenters. The van der Waals surface area contributed by atoms with Crippen LogP contribution in [0.4, 0.5) is 0 Å². The van der Waals surface area contributed by atoms with Gasteiger partial charge in [-0.3, -0.25) is 9.59 Å². The zero-order valence-electron chi connectivity index (χ0n) is 11.0. The van der Waals surface area contributed by atoms with Crippen molar-refractivity contribution in [3.8, 4) is 0 Å². The fraction of sp³-hybridized carbons (Fsp3) is 0.833. The van der Waals surface area contributed by atoms with E-state index in [0.29, 0.717) is 0 Å². The Morgan fingerprint density at radius 3 is 2.00 bits per heavy atom. The highest BCUT2D eigenvalue weighted by Crippen LogP contribution is 2.26. The molecule has 4 heteroatoms. The first-order valence-corrected chi connectivity index (χ1v) is 5.38. The van der Waals surface area contributed by atoms with Gasteiger partial charge in [-0.1, -0.05) is 20.8 Å². The minimum absolute atomic E-state index is 0.0206. The Balaban J connectivity index is 4.81. The molecule has 0 radical (unpaired) electrons. The second-order valence-corrected chi connectivity index (χ2v) is 4.94. The molecule has 0 N–H and O–H groups in total. The van der Waals surface area contributed by atoms with Gasteiger partial charge in [0.25, 0.3) is 0 Å². The van der Waals surface area contributed by atoms with Crippen LogP contribution in [-0.2, 0) is 19.1 Å². The van der Waals surface area contributed by atoms with E-state index in [1.807, 2.05) is 20.8 Å². The summed E-state index contributed by atoms with van der Waals surface area (Å²) in [5.74, 6) is -0.809. The van der Waals surface area contributed by atoms with Gasteiger partial charge in [0, 0.05) is 12.5 Å². The van der Waals surface area contributed by atoms with Crippen LogP contribution in [0.1, 0.15) is 34.1 Å². The van der Waals surface area contributed by atoms with Crippen molar-refractivity contribution in [1.82, 2.24) is 0 Å². The SMILES string of the molecule is COC(=O)C[C@@H](C(=O)C(C)(C)C)[C@@H](C)OC. The van der Waals surface area contributed by atoms with Gasteiger partial charge < -0.3 is 9.47 Å². The lowest BCUT2D eigenvalue weighted by atomic mass is 9.79. The highest BCUT2D eigenvalue weighted by molar-refractivity contribution is 5.89. The first-order chi connectivity index (χ1) is 7.23. The maximum atomic E-state index is 12.1. The monoisotopic (exact) mass is 230 g/mol. The number of rotatable bonds is 5. The summed E-state index contributed by atoms with van der Waals surface area (Å²) >= 11 is 0. The normalized spacial score (nSPS) is 15.4. The molecule has 0 saturated heterocycles. The summed E-state index contributed by atoms with van der Waals surface area (Å²) in [5, 5.41) is 0. The summed E-state index contributed by atoms with van der Waals surface area (Å²) in [6.45, 7) is 7.29. The fourth-order valence-corrected chi connectivity index (χ4v) is 1.46. The van der Waals surface area contributed by atoms with E-state index >= 15 is 0 Å². The van der Waals surface area contributed by atoms with E-state index in [-0.39, 0.29) is 24.3 Å². The van der Waals surface area contributed by atoms with Gasteiger partial charge in [0.1, 0.15) is 5.78 Å². The molecule has 16 heavy (non-hydrogen) atoms. The van der Waals surface area contributed by atoms with Crippen LogP contribution in [0.25, 0.3) is 0 Å². The van der Waals surface area contributed by atoms with Crippen molar-refractivity contribution >= 4 is 11.8 Å². The van der Waals surface area contributed by atoms with Crippen LogP contribution in [0.15, 0.2) is 0 Å². The van der Waals surface area contributed by atoms with E-state index < -0.39 is 11.3 Å². The van der Waals surface area contributed by atoms with E-state index in [4.69, 9.17) is 4.74 Å². The largest absolute Gasteiger partial charge is 0.469 e. The van der Waals surface area contributed by atoms with Crippen LogP contribution in [0.2, 0.25) is 0 Å². The summed E-state index contributed by atoms with van der Waals surface area (Å²) < 4.78 is 9.74. The summed E-state index contributed by atoms with van der Waals surface area (Å²) in [6, 6.07) is 0. The zero-order valence-corrected chi connectivity index (χ0v) is 11.0. The molecule has 0 fully saturated rings. The van der Waals surface area contributed by atoms with Crippen LogP contribution >= 0.6 is 0 Å². The Kier molecular flexibility index (Phi) is 5.65. The third kappa shape index (κ3) is 4.31. The number of Topliss-reactive ketones (excluding diaryl/α,β-unsaturated/α-hetero) is 1. The topological polar surface area (TPSA) is 52.6 Å². The van der Waals surface area contributed by atoms with Gasteiger partial charge in [0.2, 0.25) is 0 Å². The Morgan fingerprint density at radius 1 is 1.19 bits per heavy atom. The van der Waals surface area contributed by atoms with Gasteiger partial charge in [-0.15, -0.1) is 0 Å². The van der Waals surface area contributed by atoms with Gasteiger partial charge in [0.05, 0.1) is 25.6 Å². The molecule has 0 aliphatic heterocycles. The summed E-state index contributed by atoms with van der Waals surface area (Å²) in [4.78, 5) is 23.4. The first kappa shape index (κ1) is 15.1. The number of methoxy groups -OCH3 is 2. The number of esters is 1. The van der Waals surface area contributed by atoms with Gasteiger partial charge in [-0.05, 0) is 6.92 Å². The van der Waals surface area contributed by atoms with Crippen molar-refractivity contribution in [1.29, 1.82) is 0 Å². The predicted molar refractivity (Wildman–Crippen MR) is 61.1 cm³/mol. The maximum Gasteiger partial charge on any atom is 0.306 e. The molecule has 0 amide bonds. The number of ether oxygens (including phenoxy) is 2. The smallest absolute Gasteiger partial charge is 0.306 e. The molecule has 0 aromatic heterocycles. The second-order valence-electron chi connectivity index (χ2n) is 4.94. The van der Waals surface area contributed by atoms with Gasteiger partial charge in [0.15, 0.2) is 0 Å². The van der Waals surface area contributed by atoms with Gasteiger partial charge in [-0.25, -0.2) is 0 Å². The Labute approximate surface area is 97.3 Å². The minimum atomic E-state index is -0.481. The maximum absolute atomic E-state index is 12.1. The third-order valence-corrected chi connectivity index (χ3v) is 2.63. The Bertz CT molecular complexity index is 252. The lowest BCUT2D eigenvalue weighted by molar-refractivity contribution is -0.148. The van der Waals surface area contributed by atoms with Crippen molar-refractivity contribution in [2.24, 2.45) is 11.3 Å². The lowest BCUT2D eigenvalue weighted by Crippen LogP contribution is -2.37. The molecule has 0 aliphatic carbocycles. The standard InChI is InChI=1S/C12H22O4/c1-8(15-5)9(7-10(13)16-6)11(14)12(2,3)4/h8-9H,7H2,1-6H3/t8-,9-/m1/s1. The van der Waals surface area contributed by atoms with Crippen molar-refractivity contribution in [2.75, 3.05) is 14.2 Å². The van der Waals surface area contributed by atoms with E-state index in [0.717, 1.165) is 0 Å². The number of ketones is 1. The van der Waals surface area contributed by atoms with Gasteiger partial charge in [-0.2, -0.15) is 0 Å². The lowest BCUT2D eigenvalue weighted by Gasteiger charge is -2.27. The Hall–Kier alpha value is -0.900. The van der Waals surface area contributed by atoms with Crippen molar-refractivity contribution in [3.63, 3.8) is 0 Å². The van der Waals surface area contributed by atoms with Crippen molar-refractivity contribution in [2.45, 2.75) is 40.2 Å². The van der Waals surface area contributed by atoms with E-state index in [1.54, 1.807) is 6.92 Å². The van der Waals surface area contributed by atoms with Crippen LogP contribution in [0, 0.1) is 11.3 Å². The molecule has 0 spiro atoms. The third-order valence-electron chi connectivity index (χ3n) is 2.63. The average Bonchev–Trinajstić information content (AvgIpc) is 2.22. The average molecular weight is 230 g/mol.